The quantitative estimate of drug-likeness (QED) is 0.486. The first-order valence-electron chi connectivity index (χ1n) is 13.3. The molecule has 0 saturated carbocycles. The summed E-state index contributed by atoms with van der Waals surface area (Å²) in [5.41, 5.74) is 3.68. The molecule has 39 heavy (non-hydrogen) atoms. The SMILES string of the molecule is Cn1cncc1[C@@](C)(O)C1=Cc2cccnc2[C@@H](N2CCN(C(=O)OCC(C)(C)C)CC2)c2ccc(Cl)cc21. The smallest absolute Gasteiger partial charge is 0.409 e. The van der Waals surface area contributed by atoms with Crippen molar-refractivity contribution in [2.45, 2.75) is 39.3 Å². The summed E-state index contributed by atoms with van der Waals surface area (Å²) in [6.45, 7) is 10.7. The van der Waals surface area contributed by atoms with Gasteiger partial charge in [0.1, 0.15) is 5.60 Å². The molecule has 0 unspecified atom stereocenters. The monoisotopic (exact) mass is 549 g/mol. The van der Waals surface area contributed by atoms with Crippen molar-refractivity contribution >= 4 is 29.3 Å². The summed E-state index contributed by atoms with van der Waals surface area (Å²) >= 11 is 6.55. The van der Waals surface area contributed by atoms with Crippen LogP contribution >= 0.6 is 11.6 Å². The Hall–Kier alpha value is -3.20. The van der Waals surface area contributed by atoms with Gasteiger partial charge in [0.2, 0.25) is 0 Å². The van der Waals surface area contributed by atoms with E-state index in [1.807, 2.05) is 68.8 Å². The maximum absolute atomic E-state index is 12.7. The number of aryl methyl sites for hydroxylation is 1. The first-order valence-corrected chi connectivity index (χ1v) is 13.7. The van der Waals surface area contributed by atoms with Crippen molar-refractivity contribution in [3.8, 4) is 0 Å². The van der Waals surface area contributed by atoms with E-state index in [4.69, 9.17) is 21.3 Å². The number of rotatable bonds is 4. The molecule has 1 aliphatic carbocycles. The highest BCUT2D eigenvalue weighted by atomic mass is 35.5. The molecule has 1 amide bonds. The average Bonchev–Trinajstić information content (AvgIpc) is 3.28. The zero-order chi connectivity index (χ0) is 27.9. The van der Waals surface area contributed by atoms with Gasteiger partial charge >= 0.3 is 6.09 Å². The Morgan fingerprint density at radius 2 is 1.90 bits per heavy atom. The van der Waals surface area contributed by atoms with Gasteiger partial charge in [0.05, 0.1) is 36.6 Å². The van der Waals surface area contributed by atoms with Crippen LogP contribution in [-0.4, -0.2) is 68.3 Å². The Bertz CT molecular complexity index is 1400. The summed E-state index contributed by atoms with van der Waals surface area (Å²) in [4.78, 5) is 25.9. The third-order valence-electron chi connectivity index (χ3n) is 7.44. The number of piperazine rings is 1. The van der Waals surface area contributed by atoms with Crippen LogP contribution in [0.15, 0.2) is 49.1 Å². The highest BCUT2D eigenvalue weighted by molar-refractivity contribution is 6.30. The molecule has 2 atom stereocenters. The van der Waals surface area contributed by atoms with E-state index < -0.39 is 5.60 Å². The van der Waals surface area contributed by atoms with Gasteiger partial charge in [-0.15, -0.1) is 0 Å². The Morgan fingerprint density at radius 1 is 1.15 bits per heavy atom. The number of pyridine rings is 1. The molecule has 1 N–H and O–H groups in total. The van der Waals surface area contributed by atoms with Crippen molar-refractivity contribution in [1.29, 1.82) is 0 Å². The zero-order valence-corrected chi connectivity index (χ0v) is 23.9. The minimum atomic E-state index is -1.35. The number of halogens is 1. The van der Waals surface area contributed by atoms with Crippen LogP contribution in [0.25, 0.3) is 11.6 Å². The van der Waals surface area contributed by atoms with Crippen LogP contribution in [0.2, 0.25) is 5.02 Å². The Kier molecular flexibility index (Phi) is 7.31. The fourth-order valence-corrected chi connectivity index (χ4v) is 5.60. The fourth-order valence-electron chi connectivity index (χ4n) is 5.43. The normalized spacial score (nSPS) is 19.4. The second-order valence-electron chi connectivity index (χ2n) is 11.8. The number of hydrogen-bond acceptors (Lipinski definition) is 6. The van der Waals surface area contributed by atoms with Gasteiger partial charge in [-0.2, -0.15) is 0 Å². The number of benzene rings is 1. The molecule has 1 aliphatic heterocycles. The molecule has 5 rings (SSSR count). The second kappa shape index (κ2) is 10.4. The lowest BCUT2D eigenvalue weighted by Crippen LogP contribution is -2.50. The van der Waals surface area contributed by atoms with Crippen molar-refractivity contribution < 1.29 is 14.6 Å². The molecule has 206 valence electrons. The molecular weight excluding hydrogens is 514 g/mol. The number of imidazole rings is 1. The van der Waals surface area contributed by atoms with E-state index >= 15 is 0 Å². The summed E-state index contributed by atoms with van der Waals surface area (Å²) in [5.74, 6) is 0. The zero-order valence-electron chi connectivity index (χ0n) is 23.2. The average molecular weight is 550 g/mol. The van der Waals surface area contributed by atoms with E-state index in [0.717, 1.165) is 28.0 Å². The third-order valence-corrected chi connectivity index (χ3v) is 7.67. The van der Waals surface area contributed by atoms with E-state index in [-0.39, 0.29) is 17.6 Å². The number of hydrogen-bond donors (Lipinski definition) is 1. The first-order chi connectivity index (χ1) is 18.5. The Labute approximate surface area is 234 Å². The van der Waals surface area contributed by atoms with E-state index in [2.05, 4.69) is 9.88 Å². The second-order valence-corrected chi connectivity index (χ2v) is 12.2. The highest BCUT2D eigenvalue weighted by Crippen LogP contribution is 2.46. The van der Waals surface area contributed by atoms with Crippen molar-refractivity contribution in [2.75, 3.05) is 32.8 Å². The number of fused-ring (bicyclic) bond motifs is 2. The number of aliphatic hydroxyl groups is 1. The Balaban J connectivity index is 1.52. The topological polar surface area (TPSA) is 83.7 Å². The van der Waals surface area contributed by atoms with Crippen LogP contribution in [0.4, 0.5) is 4.79 Å². The van der Waals surface area contributed by atoms with Crippen LogP contribution in [0, 0.1) is 5.41 Å². The van der Waals surface area contributed by atoms with Gasteiger partial charge in [0.15, 0.2) is 0 Å². The maximum Gasteiger partial charge on any atom is 0.409 e. The molecule has 2 aliphatic rings. The fraction of sp³-hybridized carbons (Fsp3) is 0.433. The van der Waals surface area contributed by atoms with E-state index in [0.29, 0.717) is 43.5 Å². The molecule has 0 bridgehead atoms. The summed E-state index contributed by atoms with van der Waals surface area (Å²) in [7, 11) is 1.87. The predicted octanol–water partition coefficient (Wildman–Crippen LogP) is 5.12. The lowest BCUT2D eigenvalue weighted by atomic mass is 9.84. The van der Waals surface area contributed by atoms with Crippen molar-refractivity contribution in [1.82, 2.24) is 24.3 Å². The van der Waals surface area contributed by atoms with Crippen LogP contribution in [0.1, 0.15) is 61.8 Å². The number of carbonyl (C=O) groups is 1. The summed E-state index contributed by atoms with van der Waals surface area (Å²) in [6, 6.07) is 9.60. The molecule has 0 radical (unpaired) electrons. The van der Waals surface area contributed by atoms with Gasteiger partial charge in [-0.05, 0) is 58.9 Å². The molecule has 0 spiro atoms. The molecule has 2 aromatic heterocycles. The van der Waals surface area contributed by atoms with Crippen molar-refractivity contribution in [2.24, 2.45) is 12.5 Å². The molecule has 1 aromatic carbocycles. The number of carbonyl (C=O) groups excluding carboxylic acids is 1. The van der Waals surface area contributed by atoms with E-state index in [9.17, 15) is 9.90 Å². The Morgan fingerprint density at radius 3 is 2.56 bits per heavy atom. The summed E-state index contributed by atoms with van der Waals surface area (Å²) in [6.07, 6.45) is 6.93. The maximum atomic E-state index is 12.7. The number of ether oxygens (including phenoxy) is 1. The van der Waals surface area contributed by atoms with E-state index in [1.54, 1.807) is 30.5 Å². The predicted molar refractivity (Wildman–Crippen MR) is 152 cm³/mol. The molecule has 1 fully saturated rings. The van der Waals surface area contributed by atoms with Gasteiger partial charge in [-0.25, -0.2) is 9.78 Å². The van der Waals surface area contributed by atoms with Crippen LogP contribution in [0.5, 0.6) is 0 Å². The molecular formula is C30H36ClN5O3. The molecule has 3 heterocycles. The van der Waals surface area contributed by atoms with Gasteiger partial charge in [0, 0.05) is 44.4 Å². The minimum absolute atomic E-state index is 0.0837. The molecule has 8 nitrogen and oxygen atoms in total. The molecule has 3 aromatic rings. The van der Waals surface area contributed by atoms with Crippen LogP contribution < -0.4 is 0 Å². The lowest BCUT2D eigenvalue weighted by Gasteiger charge is -2.39. The first kappa shape index (κ1) is 27.4. The summed E-state index contributed by atoms with van der Waals surface area (Å²) < 4.78 is 7.40. The van der Waals surface area contributed by atoms with Gasteiger partial charge in [-0.3, -0.25) is 9.88 Å². The van der Waals surface area contributed by atoms with Crippen LogP contribution in [-0.2, 0) is 17.4 Å². The largest absolute Gasteiger partial charge is 0.449 e. The number of amides is 1. The lowest BCUT2D eigenvalue weighted by molar-refractivity contribution is 0.0493. The van der Waals surface area contributed by atoms with Crippen molar-refractivity contribution in [3.05, 3.63) is 82.2 Å². The molecule has 1 saturated heterocycles. The summed E-state index contributed by atoms with van der Waals surface area (Å²) in [5, 5.41) is 12.6. The minimum Gasteiger partial charge on any atom is -0.449 e. The van der Waals surface area contributed by atoms with Gasteiger partial charge < -0.3 is 19.3 Å². The van der Waals surface area contributed by atoms with Gasteiger partial charge in [0.25, 0.3) is 0 Å². The molecule has 9 heteroatoms. The number of aromatic nitrogens is 3. The highest BCUT2D eigenvalue weighted by Gasteiger charge is 2.39. The van der Waals surface area contributed by atoms with Crippen molar-refractivity contribution in [3.63, 3.8) is 0 Å². The van der Waals surface area contributed by atoms with Crippen LogP contribution in [0.3, 0.4) is 0 Å². The standard InChI is InChI=1S/C30H36ClN5O3/c1-29(2,3)18-39-28(37)36-13-11-35(12-14-36)27-22-9-8-21(31)16-23(22)24(15-20-7-6-10-33-26(20)27)30(4,38)25-17-32-19-34(25)5/h6-10,15-17,19,27,38H,11-14,18H2,1-5H3/t27-,30-/m0/s1. The van der Waals surface area contributed by atoms with Gasteiger partial charge in [-0.1, -0.05) is 44.5 Å². The van der Waals surface area contributed by atoms with E-state index in [1.165, 1.54) is 0 Å². The number of nitrogens with zero attached hydrogens (tertiary/aromatic N) is 5. The third kappa shape index (κ3) is 5.46.